The van der Waals surface area contributed by atoms with Crippen molar-refractivity contribution in [3.05, 3.63) is 34.4 Å². The first-order chi connectivity index (χ1) is 11.2. The summed E-state index contributed by atoms with van der Waals surface area (Å²) >= 11 is 5.98. The lowest BCUT2D eigenvalue weighted by Gasteiger charge is -2.33. The van der Waals surface area contributed by atoms with E-state index in [1.807, 2.05) is 37.4 Å². The minimum absolute atomic E-state index is 0.0624. The number of hydrogen-bond donors (Lipinski definition) is 0. The fraction of sp³-hybridized carbons (Fsp3) is 0.588. The summed E-state index contributed by atoms with van der Waals surface area (Å²) in [6, 6.07) is 0.0801. The smallest absolute Gasteiger partial charge is 0.250 e. The van der Waals surface area contributed by atoms with E-state index in [9.17, 15) is 4.79 Å². The Morgan fingerprint density at radius 1 is 1.38 bits per heavy atom. The van der Waals surface area contributed by atoms with Crippen LogP contribution < -0.4 is 0 Å². The van der Waals surface area contributed by atoms with Crippen molar-refractivity contribution in [3.63, 3.8) is 0 Å². The largest absolute Gasteiger partial charge is 0.333 e. The first kappa shape index (κ1) is 17.0. The molecule has 0 bridgehead atoms. The van der Waals surface area contributed by atoms with Gasteiger partial charge in [-0.1, -0.05) is 11.6 Å². The zero-order valence-electron chi connectivity index (χ0n) is 14.9. The van der Waals surface area contributed by atoms with Crippen LogP contribution >= 0.6 is 11.6 Å². The fourth-order valence-electron chi connectivity index (χ4n) is 3.64. The molecule has 0 saturated carbocycles. The van der Waals surface area contributed by atoms with E-state index in [-0.39, 0.29) is 11.9 Å². The van der Waals surface area contributed by atoms with E-state index in [0.717, 1.165) is 30.8 Å². The quantitative estimate of drug-likeness (QED) is 0.856. The number of rotatable bonds is 3. The molecule has 1 atom stereocenters. The summed E-state index contributed by atoms with van der Waals surface area (Å²) in [4.78, 5) is 15.3. The zero-order chi connectivity index (χ0) is 17.6. The molecule has 1 aliphatic rings. The molecule has 1 saturated heterocycles. The van der Waals surface area contributed by atoms with Crippen LogP contribution in [0, 0.1) is 13.8 Å². The number of hydrogen-bond acceptors (Lipinski definition) is 3. The summed E-state index contributed by atoms with van der Waals surface area (Å²) in [7, 11) is 1.95. The maximum Gasteiger partial charge on any atom is 0.250 e. The summed E-state index contributed by atoms with van der Waals surface area (Å²) in [5.41, 5.74) is 2.52. The lowest BCUT2D eigenvalue weighted by molar-refractivity contribution is -0.140. The minimum atomic E-state index is -0.778. The molecule has 0 aromatic carbocycles. The SMILES string of the molecule is Cc1nn(C)c(C)c1[C@H]1CCCN1C(=O)C(C)(C)n1cc(Cl)cn1. The van der Waals surface area contributed by atoms with Gasteiger partial charge >= 0.3 is 0 Å². The molecule has 1 amide bonds. The number of aryl methyl sites for hydroxylation is 2. The van der Waals surface area contributed by atoms with E-state index in [0.29, 0.717) is 5.02 Å². The van der Waals surface area contributed by atoms with Gasteiger partial charge in [-0.3, -0.25) is 14.2 Å². The summed E-state index contributed by atoms with van der Waals surface area (Å²) in [5, 5.41) is 9.29. The predicted molar refractivity (Wildman–Crippen MR) is 92.9 cm³/mol. The van der Waals surface area contributed by atoms with Gasteiger partial charge in [0.1, 0.15) is 5.54 Å². The minimum Gasteiger partial charge on any atom is -0.333 e. The Kier molecular flexibility index (Phi) is 4.20. The summed E-state index contributed by atoms with van der Waals surface area (Å²) < 4.78 is 3.54. The number of carbonyl (C=O) groups excluding carboxylic acids is 1. The van der Waals surface area contributed by atoms with Gasteiger partial charge in [-0.15, -0.1) is 0 Å². The van der Waals surface area contributed by atoms with E-state index in [2.05, 4.69) is 17.1 Å². The number of carbonyl (C=O) groups is 1. The normalized spacial score (nSPS) is 18.4. The Morgan fingerprint density at radius 2 is 2.08 bits per heavy atom. The van der Waals surface area contributed by atoms with Crippen LogP contribution in [-0.4, -0.2) is 36.9 Å². The third-order valence-corrected chi connectivity index (χ3v) is 5.25. The van der Waals surface area contributed by atoms with Gasteiger partial charge in [0.2, 0.25) is 5.91 Å². The van der Waals surface area contributed by atoms with Crippen LogP contribution in [0.3, 0.4) is 0 Å². The molecule has 0 N–H and O–H groups in total. The lowest BCUT2D eigenvalue weighted by atomic mass is 9.99. The Balaban J connectivity index is 1.94. The number of likely N-dealkylation sites (tertiary alicyclic amines) is 1. The van der Waals surface area contributed by atoms with Crippen molar-refractivity contribution in [2.24, 2.45) is 7.05 Å². The molecule has 0 spiro atoms. The molecule has 3 heterocycles. The summed E-state index contributed by atoms with van der Waals surface area (Å²) in [6.07, 6.45) is 5.23. The van der Waals surface area contributed by atoms with Crippen molar-refractivity contribution >= 4 is 17.5 Å². The molecular weight excluding hydrogens is 326 g/mol. The highest BCUT2D eigenvalue weighted by Crippen LogP contribution is 2.37. The average Bonchev–Trinajstić information content (AvgIpc) is 3.20. The molecule has 1 fully saturated rings. The van der Waals surface area contributed by atoms with Gasteiger partial charge in [0.05, 0.1) is 23.0 Å². The third kappa shape index (κ3) is 2.62. The third-order valence-electron chi connectivity index (χ3n) is 5.06. The first-order valence-electron chi connectivity index (χ1n) is 8.25. The number of aromatic nitrogens is 4. The molecule has 24 heavy (non-hydrogen) atoms. The fourth-order valence-corrected chi connectivity index (χ4v) is 3.77. The van der Waals surface area contributed by atoms with Crippen LogP contribution in [0.15, 0.2) is 12.4 Å². The monoisotopic (exact) mass is 349 g/mol. The predicted octanol–water partition coefficient (Wildman–Crippen LogP) is 2.99. The van der Waals surface area contributed by atoms with Gasteiger partial charge in [0.15, 0.2) is 0 Å². The van der Waals surface area contributed by atoms with Crippen LogP contribution in [0.1, 0.15) is 49.7 Å². The topological polar surface area (TPSA) is 56.0 Å². The highest BCUT2D eigenvalue weighted by atomic mass is 35.5. The van der Waals surface area contributed by atoms with Crippen molar-refractivity contribution < 1.29 is 4.79 Å². The maximum absolute atomic E-state index is 13.3. The van der Waals surface area contributed by atoms with Crippen molar-refractivity contribution in [3.8, 4) is 0 Å². The van der Waals surface area contributed by atoms with Gasteiger partial charge < -0.3 is 4.90 Å². The van der Waals surface area contributed by atoms with Crippen LogP contribution in [0.5, 0.6) is 0 Å². The highest BCUT2D eigenvalue weighted by molar-refractivity contribution is 6.30. The van der Waals surface area contributed by atoms with Gasteiger partial charge in [0, 0.05) is 31.0 Å². The lowest BCUT2D eigenvalue weighted by Crippen LogP contribution is -2.47. The van der Waals surface area contributed by atoms with Crippen molar-refractivity contribution in [2.45, 2.75) is 52.1 Å². The van der Waals surface area contributed by atoms with Gasteiger partial charge in [-0.25, -0.2) is 0 Å². The second-order valence-electron chi connectivity index (χ2n) is 7.03. The van der Waals surface area contributed by atoms with Gasteiger partial charge in [-0.05, 0) is 40.5 Å². The Hall–Kier alpha value is -1.82. The number of nitrogens with zero attached hydrogens (tertiary/aromatic N) is 5. The molecule has 0 aliphatic carbocycles. The number of halogens is 1. The van der Waals surface area contributed by atoms with Crippen molar-refractivity contribution in [1.29, 1.82) is 0 Å². The van der Waals surface area contributed by atoms with E-state index in [1.165, 1.54) is 5.56 Å². The molecular formula is C17H24ClN5O. The van der Waals surface area contributed by atoms with Crippen LogP contribution in [0.2, 0.25) is 5.02 Å². The molecule has 2 aromatic heterocycles. The molecule has 7 heteroatoms. The van der Waals surface area contributed by atoms with E-state index < -0.39 is 5.54 Å². The van der Waals surface area contributed by atoms with Crippen LogP contribution in [-0.2, 0) is 17.4 Å². The highest BCUT2D eigenvalue weighted by Gasteiger charge is 2.41. The molecule has 0 radical (unpaired) electrons. The van der Waals surface area contributed by atoms with E-state index >= 15 is 0 Å². The Morgan fingerprint density at radius 3 is 2.62 bits per heavy atom. The summed E-state index contributed by atoms with van der Waals surface area (Å²) in [6.45, 7) is 8.61. The average molecular weight is 350 g/mol. The standard InChI is InChI=1S/C17H24ClN5O/c1-11-15(12(2)21(5)20-11)14-7-6-8-22(14)16(24)17(3,4)23-10-13(18)9-19-23/h9-10,14H,6-8H2,1-5H3/t14-/m1/s1. The number of amides is 1. The van der Waals surface area contributed by atoms with Gasteiger partial charge in [-0.2, -0.15) is 10.2 Å². The second-order valence-corrected chi connectivity index (χ2v) is 7.46. The first-order valence-corrected chi connectivity index (χ1v) is 8.63. The summed E-state index contributed by atoms with van der Waals surface area (Å²) in [5.74, 6) is 0.0624. The molecule has 130 valence electrons. The molecule has 3 rings (SSSR count). The second kappa shape index (κ2) is 5.92. The van der Waals surface area contributed by atoms with Crippen molar-refractivity contribution in [2.75, 3.05) is 6.54 Å². The van der Waals surface area contributed by atoms with Crippen LogP contribution in [0.25, 0.3) is 0 Å². The van der Waals surface area contributed by atoms with E-state index in [1.54, 1.807) is 17.1 Å². The van der Waals surface area contributed by atoms with Crippen LogP contribution in [0.4, 0.5) is 0 Å². The Bertz CT molecular complexity index is 776. The van der Waals surface area contributed by atoms with Crippen molar-refractivity contribution in [1.82, 2.24) is 24.5 Å². The molecule has 2 aromatic rings. The maximum atomic E-state index is 13.3. The zero-order valence-corrected chi connectivity index (χ0v) is 15.6. The molecule has 0 unspecified atom stereocenters. The Labute approximate surface area is 147 Å². The molecule has 6 nitrogen and oxygen atoms in total. The van der Waals surface area contributed by atoms with E-state index in [4.69, 9.17) is 11.6 Å². The van der Waals surface area contributed by atoms with Gasteiger partial charge in [0.25, 0.3) is 0 Å². The molecule has 1 aliphatic heterocycles.